The Kier molecular flexibility index (Phi) is 67.7. The van der Waals surface area contributed by atoms with Gasteiger partial charge in [0.25, 0.3) is 0 Å². The van der Waals surface area contributed by atoms with E-state index in [1.807, 2.05) is 0 Å². The van der Waals surface area contributed by atoms with Gasteiger partial charge in [-0.25, -0.2) is 9.13 Å². The Morgan fingerprint density at radius 3 is 0.747 bits per heavy atom. The van der Waals surface area contributed by atoms with E-state index >= 15 is 0 Å². The maximum Gasteiger partial charge on any atom is 0.472 e. The van der Waals surface area contributed by atoms with Crippen LogP contribution in [0, 0.1) is 5.92 Å². The molecule has 19 heteroatoms. The molecule has 0 aromatic rings. The van der Waals surface area contributed by atoms with E-state index in [2.05, 4.69) is 34.6 Å². The molecule has 0 aliphatic carbocycles. The van der Waals surface area contributed by atoms with Crippen LogP contribution in [0.1, 0.15) is 401 Å². The molecule has 0 saturated carbocycles. The third kappa shape index (κ3) is 69.0. The molecule has 0 bridgehead atoms. The molecule has 0 amide bonds. The summed E-state index contributed by atoms with van der Waals surface area (Å²) < 4.78 is 68.4. The highest BCUT2D eigenvalue weighted by Gasteiger charge is 2.30. The fraction of sp³-hybridized carbons (Fsp3) is 0.947. The predicted molar refractivity (Wildman–Crippen MR) is 386 cm³/mol. The van der Waals surface area contributed by atoms with Crippen molar-refractivity contribution < 1.29 is 80.2 Å². The summed E-state index contributed by atoms with van der Waals surface area (Å²) in [6.45, 7) is 7.32. The van der Waals surface area contributed by atoms with Gasteiger partial charge in [0.05, 0.1) is 26.4 Å². The average Bonchev–Trinajstić information content (AvgIpc) is 1.47. The van der Waals surface area contributed by atoms with E-state index in [-0.39, 0.29) is 25.7 Å². The zero-order valence-corrected chi connectivity index (χ0v) is 63.6. The third-order valence-corrected chi connectivity index (χ3v) is 20.0. The lowest BCUT2D eigenvalue weighted by atomic mass is 9.99. The molecule has 0 rings (SSSR count). The van der Waals surface area contributed by atoms with E-state index < -0.39 is 97.5 Å². The first-order valence-electron chi connectivity index (χ1n) is 39.7. The molecule has 0 saturated heterocycles. The number of carbonyl (C=O) groups excluding carboxylic acids is 4. The molecule has 0 fully saturated rings. The topological polar surface area (TPSA) is 237 Å². The zero-order chi connectivity index (χ0) is 69.8. The molecule has 6 atom stereocenters. The Balaban J connectivity index is 5.20. The number of phosphoric ester groups is 2. The van der Waals surface area contributed by atoms with Crippen molar-refractivity contribution in [3.05, 3.63) is 0 Å². The van der Waals surface area contributed by atoms with Crippen LogP contribution in [-0.2, 0) is 65.4 Å². The molecule has 0 heterocycles. The van der Waals surface area contributed by atoms with Gasteiger partial charge in [-0.15, -0.1) is 0 Å². The van der Waals surface area contributed by atoms with E-state index in [9.17, 15) is 43.2 Å². The van der Waals surface area contributed by atoms with Crippen LogP contribution in [0.15, 0.2) is 0 Å². The van der Waals surface area contributed by atoms with E-state index in [0.29, 0.717) is 25.7 Å². The number of unbranched alkanes of at least 4 members (excludes halogenated alkanes) is 47. The molecule has 0 aromatic carbocycles. The lowest BCUT2D eigenvalue weighted by molar-refractivity contribution is -0.161. The van der Waals surface area contributed by atoms with Crippen LogP contribution in [0.2, 0.25) is 0 Å². The van der Waals surface area contributed by atoms with Crippen LogP contribution in [0.4, 0.5) is 0 Å². The molecule has 0 aliphatic rings. The highest BCUT2D eigenvalue weighted by molar-refractivity contribution is 7.47. The maximum absolute atomic E-state index is 13.1. The monoisotopic (exact) mass is 1400 g/mol. The van der Waals surface area contributed by atoms with E-state index in [1.165, 1.54) is 225 Å². The lowest BCUT2D eigenvalue weighted by Gasteiger charge is -2.21. The Hall–Kier alpha value is -1.94. The third-order valence-electron chi connectivity index (χ3n) is 18.1. The average molecular weight is 1400 g/mol. The standard InChI is InChI=1S/C76H148O17P2/c1-6-10-13-16-19-22-24-25-26-27-28-29-33-36-41-45-50-55-60-74(79)87-66-72(93-76(81)62-57-52-47-42-37-34-31-30-32-35-39-43-48-53-58-69(5)9-4)68-91-95(84,85)89-64-70(77)63-88-94(82,83)90-67-71(65-86-73(78)59-54-49-44-38-21-18-15-12-8-3)92-75(80)61-56-51-46-40-23-20-17-14-11-7-2/h69-72,77H,6-68H2,1-5H3,(H,82,83)(H,84,85)/t69?,70-,71+,72+/m0/s1. The Bertz CT molecular complexity index is 1820. The molecule has 0 radical (unpaired) electrons. The Labute approximate surface area is 581 Å². The summed E-state index contributed by atoms with van der Waals surface area (Å²) in [4.78, 5) is 72.7. The fourth-order valence-corrected chi connectivity index (χ4v) is 13.3. The first-order valence-corrected chi connectivity index (χ1v) is 42.7. The highest BCUT2D eigenvalue weighted by atomic mass is 31.2. The minimum atomic E-state index is -4.96. The van der Waals surface area contributed by atoms with Gasteiger partial charge in [0.15, 0.2) is 12.2 Å². The number of aliphatic hydroxyl groups excluding tert-OH is 1. The summed E-state index contributed by atoms with van der Waals surface area (Å²) in [6, 6.07) is 0. The van der Waals surface area contributed by atoms with Gasteiger partial charge in [0, 0.05) is 25.7 Å². The molecule has 3 unspecified atom stereocenters. The summed E-state index contributed by atoms with van der Waals surface area (Å²) in [5.74, 6) is -1.27. The van der Waals surface area contributed by atoms with Gasteiger partial charge in [0.1, 0.15) is 19.3 Å². The maximum atomic E-state index is 13.1. The summed E-state index contributed by atoms with van der Waals surface area (Å²) in [6.07, 6.45) is 58.2. The Morgan fingerprint density at radius 2 is 0.505 bits per heavy atom. The van der Waals surface area contributed by atoms with Gasteiger partial charge in [-0.2, -0.15) is 0 Å². The molecule has 0 aliphatic heterocycles. The van der Waals surface area contributed by atoms with Crippen molar-refractivity contribution in [3.8, 4) is 0 Å². The number of ether oxygens (including phenoxy) is 4. The van der Waals surface area contributed by atoms with Crippen molar-refractivity contribution in [1.82, 2.24) is 0 Å². The van der Waals surface area contributed by atoms with Gasteiger partial charge in [-0.05, 0) is 31.6 Å². The van der Waals surface area contributed by atoms with Crippen LogP contribution in [0.3, 0.4) is 0 Å². The minimum absolute atomic E-state index is 0.107. The normalized spacial score (nSPS) is 14.2. The second-order valence-electron chi connectivity index (χ2n) is 27.6. The quantitative estimate of drug-likeness (QED) is 0.0222. The van der Waals surface area contributed by atoms with Crippen LogP contribution < -0.4 is 0 Å². The van der Waals surface area contributed by atoms with E-state index in [0.717, 1.165) is 95.8 Å². The van der Waals surface area contributed by atoms with Gasteiger partial charge in [-0.3, -0.25) is 37.3 Å². The fourth-order valence-electron chi connectivity index (χ4n) is 11.7. The molecular weight excluding hydrogens is 1250 g/mol. The van der Waals surface area contributed by atoms with Crippen LogP contribution in [0.25, 0.3) is 0 Å². The van der Waals surface area contributed by atoms with E-state index in [1.54, 1.807) is 0 Å². The smallest absolute Gasteiger partial charge is 0.462 e. The van der Waals surface area contributed by atoms with Crippen molar-refractivity contribution in [2.75, 3.05) is 39.6 Å². The summed E-state index contributed by atoms with van der Waals surface area (Å²) in [5, 5.41) is 10.6. The highest BCUT2D eigenvalue weighted by Crippen LogP contribution is 2.45. The van der Waals surface area contributed by atoms with Crippen molar-refractivity contribution in [2.45, 2.75) is 419 Å². The number of rotatable bonds is 76. The number of hydrogen-bond donors (Lipinski definition) is 3. The van der Waals surface area contributed by atoms with Crippen LogP contribution in [0.5, 0.6) is 0 Å². The first-order chi connectivity index (χ1) is 46.1. The van der Waals surface area contributed by atoms with Crippen molar-refractivity contribution in [3.63, 3.8) is 0 Å². The van der Waals surface area contributed by atoms with Crippen molar-refractivity contribution >= 4 is 39.5 Å². The minimum Gasteiger partial charge on any atom is -0.462 e. The molecule has 0 spiro atoms. The van der Waals surface area contributed by atoms with Gasteiger partial charge < -0.3 is 33.8 Å². The predicted octanol–water partition coefficient (Wildman–Crippen LogP) is 22.5. The first kappa shape index (κ1) is 93.1. The Morgan fingerprint density at radius 1 is 0.295 bits per heavy atom. The zero-order valence-electron chi connectivity index (χ0n) is 61.8. The number of carbonyl (C=O) groups is 4. The van der Waals surface area contributed by atoms with Crippen molar-refractivity contribution in [2.24, 2.45) is 5.92 Å². The summed E-state index contributed by atoms with van der Waals surface area (Å²) in [5.41, 5.74) is 0. The summed E-state index contributed by atoms with van der Waals surface area (Å²) >= 11 is 0. The molecule has 0 aromatic heterocycles. The van der Waals surface area contributed by atoms with Gasteiger partial charge in [0.2, 0.25) is 0 Å². The second-order valence-corrected chi connectivity index (χ2v) is 30.5. The molecule has 3 N–H and O–H groups in total. The van der Waals surface area contributed by atoms with E-state index in [4.69, 9.17) is 37.0 Å². The number of phosphoric acid groups is 2. The molecule has 95 heavy (non-hydrogen) atoms. The number of aliphatic hydroxyl groups is 1. The largest absolute Gasteiger partial charge is 0.472 e. The van der Waals surface area contributed by atoms with Crippen molar-refractivity contribution in [1.29, 1.82) is 0 Å². The molecule has 564 valence electrons. The lowest BCUT2D eigenvalue weighted by Crippen LogP contribution is -2.30. The number of hydrogen-bond acceptors (Lipinski definition) is 15. The van der Waals surface area contributed by atoms with Crippen LogP contribution in [-0.4, -0.2) is 96.7 Å². The number of esters is 4. The van der Waals surface area contributed by atoms with Crippen LogP contribution >= 0.6 is 15.6 Å². The molecule has 17 nitrogen and oxygen atoms in total. The second kappa shape index (κ2) is 69.2. The van der Waals surface area contributed by atoms with Gasteiger partial charge in [-0.1, -0.05) is 349 Å². The summed E-state index contributed by atoms with van der Waals surface area (Å²) in [7, 11) is -9.90. The molecular formula is C76H148O17P2. The van der Waals surface area contributed by atoms with Gasteiger partial charge >= 0.3 is 39.5 Å². The SMILES string of the molecule is CCCCCCCCCCCCCCCCCCCCC(=O)OC[C@H](COP(=O)(O)OC[C@@H](O)COP(=O)(O)OC[C@@H](COC(=O)CCCCCCCCCCC)OC(=O)CCCCCCCCCCCC)OC(=O)CCCCCCCCCCCCCCCCC(C)CC.